The Morgan fingerprint density at radius 1 is 1.43 bits per heavy atom. The highest BCUT2D eigenvalue weighted by atomic mass is 125. The van der Waals surface area contributed by atoms with Gasteiger partial charge >= 0.3 is 0 Å². The molecule has 0 spiro atoms. The molecule has 6 heteroatoms. The van der Waals surface area contributed by atoms with E-state index in [0.29, 0.717) is 22.3 Å². The van der Waals surface area contributed by atoms with Gasteiger partial charge in [-0.2, -0.15) is 0 Å². The molecular formula is C15H18ClIN2O2. The summed E-state index contributed by atoms with van der Waals surface area (Å²) in [5, 5.41) is 3.73. The minimum absolute atomic E-state index is 0.0917. The maximum absolute atomic E-state index is 12.6. The second-order valence-corrected chi connectivity index (χ2v) is 7.29. The second-order valence-electron chi connectivity index (χ2n) is 5.69. The van der Waals surface area contributed by atoms with E-state index < -0.39 is 0 Å². The van der Waals surface area contributed by atoms with Crippen molar-refractivity contribution in [3.8, 4) is 5.75 Å². The monoisotopic (exact) mass is 418 g/mol. The molecule has 1 N–H and O–H groups in total. The zero-order valence-corrected chi connectivity index (χ0v) is 14.8. The Morgan fingerprint density at radius 3 is 2.71 bits per heavy atom. The van der Waals surface area contributed by atoms with Crippen LogP contribution in [0.4, 0.5) is 0 Å². The fourth-order valence-corrected chi connectivity index (χ4v) is 4.56. The predicted molar refractivity (Wildman–Crippen MR) is 91.1 cm³/mol. The lowest BCUT2D eigenvalue weighted by Gasteiger charge is -2.44. The van der Waals surface area contributed by atoms with E-state index in [2.05, 4.69) is 32.8 Å². The largest absolute Gasteiger partial charge is 0.495 e. The number of ether oxygens (including phenoxy) is 1. The van der Waals surface area contributed by atoms with Crippen LogP contribution in [-0.2, 0) is 0 Å². The summed E-state index contributed by atoms with van der Waals surface area (Å²) in [5.41, 5.74) is 0.519. The molecule has 114 valence electrons. The van der Waals surface area contributed by atoms with Crippen molar-refractivity contribution in [1.82, 2.24) is 10.2 Å². The fourth-order valence-electron chi connectivity index (χ4n) is 3.31. The number of carbonyl (C=O) groups excluding carboxylic acids is 1. The number of halogens is 2. The van der Waals surface area contributed by atoms with Gasteiger partial charge in [0.15, 0.2) is 0 Å². The first-order chi connectivity index (χ1) is 10.1. The summed E-state index contributed by atoms with van der Waals surface area (Å²) in [7, 11) is 1.58. The topological polar surface area (TPSA) is 41.6 Å². The molecule has 3 fully saturated rings. The Labute approximate surface area is 143 Å². The van der Waals surface area contributed by atoms with E-state index in [1.165, 1.54) is 12.8 Å². The number of amides is 1. The van der Waals surface area contributed by atoms with E-state index >= 15 is 0 Å². The average Bonchev–Trinajstić information content (AvgIpc) is 2.47. The van der Waals surface area contributed by atoms with Gasteiger partial charge in [-0.1, -0.05) is 11.6 Å². The minimum Gasteiger partial charge on any atom is -0.495 e. The lowest BCUT2D eigenvalue weighted by molar-refractivity contribution is 0.0619. The zero-order valence-electron chi connectivity index (χ0n) is 11.9. The van der Waals surface area contributed by atoms with Crippen LogP contribution in [0.5, 0.6) is 5.75 Å². The molecule has 3 heterocycles. The van der Waals surface area contributed by atoms with Gasteiger partial charge in [0.1, 0.15) is 5.75 Å². The molecule has 0 aliphatic carbocycles. The Hall–Kier alpha value is -0.530. The van der Waals surface area contributed by atoms with Crippen LogP contribution in [0.1, 0.15) is 23.2 Å². The molecular weight excluding hydrogens is 401 g/mol. The van der Waals surface area contributed by atoms with Crippen LogP contribution < -0.4 is 10.1 Å². The van der Waals surface area contributed by atoms with Crippen molar-refractivity contribution in [1.29, 1.82) is 0 Å². The molecule has 1 atom stereocenters. The van der Waals surface area contributed by atoms with Crippen molar-refractivity contribution < 1.29 is 9.53 Å². The molecule has 0 unspecified atom stereocenters. The lowest BCUT2D eigenvalue weighted by Crippen LogP contribution is -2.57. The van der Waals surface area contributed by atoms with Crippen molar-refractivity contribution in [3.05, 3.63) is 26.3 Å². The van der Waals surface area contributed by atoms with Crippen LogP contribution in [0.15, 0.2) is 12.1 Å². The molecule has 4 rings (SSSR count). The summed E-state index contributed by atoms with van der Waals surface area (Å²) in [6.45, 7) is 3.28. The summed E-state index contributed by atoms with van der Waals surface area (Å²) >= 11 is 8.22. The number of nitrogens with one attached hydrogen (secondary N) is 1. The molecule has 1 amide bonds. The SMILES string of the molecule is COc1c([125I])cc(Cl)cc1C(=O)N[C@@H]1CN2CCC1CC2. The van der Waals surface area contributed by atoms with E-state index in [9.17, 15) is 4.79 Å². The summed E-state index contributed by atoms with van der Waals surface area (Å²) in [6.07, 6.45) is 2.35. The van der Waals surface area contributed by atoms with Gasteiger partial charge in [-0.05, 0) is 66.6 Å². The Balaban J connectivity index is 1.79. The highest BCUT2D eigenvalue weighted by Gasteiger charge is 2.35. The first-order valence-electron chi connectivity index (χ1n) is 7.14. The number of piperidine rings is 3. The van der Waals surface area contributed by atoms with Crippen LogP contribution in [-0.4, -0.2) is 43.6 Å². The lowest BCUT2D eigenvalue weighted by atomic mass is 9.84. The molecule has 0 aromatic heterocycles. The Bertz CT molecular complexity index is 559. The maximum atomic E-state index is 12.6. The average molecular weight is 419 g/mol. The first kappa shape index (κ1) is 15.4. The van der Waals surface area contributed by atoms with Gasteiger partial charge in [-0.3, -0.25) is 4.79 Å². The molecule has 0 radical (unpaired) electrons. The number of hydrogen-bond acceptors (Lipinski definition) is 3. The molecule has 4 nitrogen and oxygen atoms in total. The van der Waals surface area contributed by atoms with Gasteiger partial charge in [-0.25, -0.2) is 0 Å². The molecule has 0 saturated carbocycles. The quantitative estimate of drug-likeness (QED) is 0.768. The van der Waals surface area contributed by atoms with Gasteiger partial charge in [0.05, 0.1) is 16.2 Å². The van der Waals surface area contributed by atoms with Gasteiger partial charge in [0.2, 0.25) is 0 Å². The normalized spacial score (nSPS) is 27.5. The molecule has 3 saturated heterocycles. The van der Waals surface area contributed by atoms with Crippen molar-refractivity contribution in [2.45, 2.75) is 18.9 Å². The fraction of sp³-hybridized carbons (Fsp3) is 0.533. The summed E-state index contributed by atoms with van der Waals surface area (Å²) < 4.78 is 6.21. The van der Waals surface area contributed by atoms with Crippen LogP contribution in [0.2, 0.25) is 5.02 Å². The highest BCUT2D eigenvalue weighted by molar-refractivity contribution is 14.1. The van der Waals surface area contributed by atoms with E-state index in [0.717, 1.165) is 23.2 Å². The molecule has 2 bridgehead atoms. The van der Waals surface area contributed by atoms with Gasteiger partial charge in [-0.15, -0.1) is 0 Å². The number of benzene rings is 1. The summed E-state index contributed by atoms with van der Waals surface area (Å²) in [5.74, 6) is 1.10. The van der Waals surface area contributed by atoms with Crippen molar-refractivity contribution in [3.63, 3.8) is 0 Å². The third-order valence-corrected chi connectivity index (χ3v) is 5.45. The first-order valence-corrected chi connectivity index (χ1v) is 8.60. The van der Waals surface area contributed by atoms with Gasteiger partial charge in [0, 0.05) is 17.6 Å². The smallest absolute Gasteiger partial charge is 0.255 e. The van der Waals surface area contributed by atoms with Crippen LogP contribution in [0.3, 0.4) is 0 Å². The number of carbonyl (C=O) groups is 1. The predicted octanol–water partition coefficient (Wildman–Crippen LogP) is 2.78. The highest BCUT2D eigenvalue weighted by Crippen LogP contribution is 2.31. The van der Waals surface area contributed by atoms with Gasteiger partial charge in [0.25, 0.3) is 5.91 Å². The standard InChI is InChI=1S/C15H18ClIN2O2/c1-21-14-11(6-10(16)7-12(14)17)15(20)18-13-8-19-4-2-9(13)3-5-19/h6-7,9,13H,2-5,8H2,1H3,(H,18,20)/t13-/m1/s1/i17-2. The summed E-state index contributed by atoms with van der Waals surface area (Å²) in [6, 6.07) is 3.71. The molecule has 3 aliphatic heterocycles. The number of rotatable bonds is 3. The number of hydrogen-bond donors (Lipinski definition) is 1. The molecule has 1 aromatic carbocycles. The van der Waals surface area contributed by atoms with Crippen molar-refractivity contribution in [2.24, 2.45) is 5.92 Å². The maximum Gasteiger partial charge on any atom is 0.255 e. The van der Waals surface area contributed by atoms with Crippen molar-refractivity contribution >= 4 is 40.1 Å². The van der Waals surface area contributed by atoms with Crippen LogP contribution >= 0.6 is 34.2 Å². The van der Waals surface area contributed by atoms with E-state index in [4.69, 9.17) is 16.3 Å². The van der Waals surface area contributed by atoms with Crippen LogP contribution in [0.25, 0.3) is 0 Å². The number of nitrogens with zero attached hydrogens (tertiary/aromatic N) is 1. The number of fused-ring (bicyclic) bond motifs is 3. The Morgan fingerprint density at radius 2 is 2.14 bits per heavy atom. The number of methoxy groups -OCH3 is 1. The third-order valence-electron chi connectivity index (χ3n) is 4.43. The third kappa shape index (κ3) is 3.14. The van der Waals surface area contributed by atoms with E-state index in [1.54, 1.807) is 19.2 Å². The second kappa shape index (κ2) is 6.30. The van der Waals surface area contributed by atoms with E-state index in [-0.39, 0.29) is 11.9 Å². The van der Waals surface area contributed by atoms with E-state index in [1.807, 2.05) is 0 Å². The Kier molecular flexibility index (Phi) is 4.61. The zero-order chi connectivity index (χ0) is 15.0. The van der Waals surface area contributed by atoms with Gasteiger partial charge < -0.3 is 15.0 Å². The summed E-state index contributed by atoms with van der Waals surface area (Å²) in [4.78, 5) is 15.0. The molecule has 21 heavy (non-hydrogen) atoms. The van der Waals surface area contributed by atoms with Crippen LogP contribution in [0, 0.1) is 9.49 Å². The molecule has 1 aromatic rings. The van der Waals surface area contributed by atoms with Crippen molar-refractivity contribution in [2.75, 3.05) is 26.7 Å². The minimum atomic E-state index is -0.0917. The molecule has 3 aliphatic rings.